The van der Waals surface area contributed by atoms with Gasteiger partial charge in [-0.1, -0.05) is 0 Å². The van der Waals surface area contributed by atoms with Gasteiger partial charge in [-0.3, -0.25) is 18.7 Å². The molecule has 0 aromatic carbocycles. The van der Waals surface area contributed by atoms with Crippen LogP contribution >= 0.6 is 0 Å². The highest BCUT2D eigenvalue weighted by Crippen LogP contribution is 2.34. The van der Waals surface area contributed by atoms with Crippen molar-refractivity contribution in [1.82, 2.24) is 33.9 Å². The Kier molecular flexibility index (Phi) is 3.99. The average molecular weight is 419 g/mol. The number of hydrogen-bond acceptors (Lipinski definition) is 6. The molecular weight excluding hydrogens is 394 g/mol. The Bertz CT molecular complexity index is 1470. The summed E-state index contributed by atoms with van der Waals surface area (Å²) in [6.07, 6.45) is 6.64. The molecule has 4 aromatic rings. The van der Waals surface area contributed by atoms with Crippen LogP contribution in [0.15, 0.2) is 34.5 Å². The Morgan fingerprint density at radius 2 is 1.87 bits per heavy atom. The Balaban J connectivity index is 1.65. The van der Waals surface area contributed by atoms with E-state index in [0.717, 1.165) is 16.8 Å². The minimum absolute atomic E-state index is 0.0916. The predicted molar refractivity (Wildman–Crippen MR) is 116 cm³/mol. The van der Waals surface area contributed by atoms with Crippen molar-refractivity contribution in [1.29, 1.82) is 0 Å². The molecule has 1 aliphatic carbocycles. The fraction of sp³-hybridized carbons (Fsp3) is 0.455. The fourth-order valence-electron chi connectivity index (χ4n) is 4.55. The molecule has 160 valence electrons. The second-order valence-corrected chi connectivity index (χ2v) is 9.66. The zero-order valence-corrected chi connectivity index (χ0v) is 18.4. The zero-order valence-electron chi connectivity index (χ0n) is 18.4. The van der Waals surface area contributed by atoms with Gasteiger partial charge in [-0.15, -0.1) is 9.73 Å². The molecule has 0 fully saturated rings. The van der Waals surface area contributed by atoms with Crippen LogP contribution in [0.3, 0.4) is 0 Å². The smallest absolute Gasteiger partial charge is 0.280 e. The van der Waals surface area contributed by atoms with Crippen molar-refractivity contribution < 1.29 is 0 Å². The molecule has 9 heteroatoms. The molecule has 0 radical (unpaired) electrons. The summed E-state index contributed by atoms with van der Waals surface area (Å²) >= 11 is 0. The molecule has 1 aliphatic rings. The van der Waals surface area contributed by atoms with Crippen molar-refractivity contribution in [3.05, 3.63) is 62.4 Å². The third-order valence-corrected chi connectivity index (χ3v) is 6.38. The lowest BCUT2D eigenvalue weighted by Gasteiger charge is -2.34. The first-order chi connectivity index (χ1) is 14.6. The fourth-order valence-corrected chi connectivity index (χ4v) is 4.55. The molecule has 4 heterocycles. The summed E-state index contributed by atoms with van der Waals surface area (Å²) in [5.41, 5.74) is 2.50. The summed E-state index contributed by atoms with van der Waals surface area (Å²) in [7, 11) is 0. The van der Waals surface area contributed by atoms with Gasteiger partial charge in [0.25, 0.3) is 11.1 Å². The topological polar surface area (TPSA) is 100.0 Å². The van der Waals surface area contributed by atoms with Crippen LogP contribution in [0.5, 0.6) is 0 Å². The standard InChI is InChI=1S/C22H25N7O2/c1-13-7-9-23-18-16(13)19(30)28(11-24-18)22(5)8-6-14-15(10-22)26-29-17(14)20(31)27(12-25-29)21(2,3)4/h7,9,11-12H,6,8,10H2,1-5H3. The number of fused-ring (bicyclic) bond motifs is 4. The molecule has 9 nitrogen and oxygen atoms in total. The molecule has 0 bridgehead atoms. The van der Waals surface area contributed by atoms with Crippen molar-refractivity contribution in [2.24, 2.45) is 0 Å². The van der Waals surface area contributed by atoms with Gasteiger partial charge in [-0.05, 0) is 59.1 Å². The van der Waals surface area contributed by atoms with Crippen LogP contribution in [-0.2, 0) is 23.9 Å². The number of aryl methyl sites for hydroxylation is 2. The van der Waals surface area contributed by atoms with E-state index in [1.807, 2.05) is 40.7 Å². The summed E-state index contributed by atoms with van der Waals surface area (Å²) in [6, 6.07) is 1.82. The SMILES string of the molecule is Cc1ccnc2ncn(C3(C)CCc4c(nn5ncn(C(C)(C)C)c(=O)c45)C3)c(=O)c12. The van der Waals surface area contributed by atoms with Crippen LogP contribution in [0.25, 0.3) is 16.6 Å². The molecule has 1 atom stereocenters. The quantitative estimate of drug-likeness (QED) is 0.468. The molecule has 0 N–H and O–H groups in total. The minimum atomic E-state index is -0.505. The van der Waals surface area contributed by atoms with Gasteiger partial charge in [0.05, 0.1) is 16.6 Å². The molecule has 0 spiro atoms. The Labute approximate surface area is 178 Å². The molecule has 0 saturated carbocycles. The van der Waals surface area contributed by atoms with E-state index in [0.29, 0.717) is 35.8 Å². The third kappa shape index (κ3) is 2.83. The molecule has 5 rings (SSSR count). The number of pyridine rings is 1. The van der Waals surface area contributed by atoms with Gasteiger partial charge in [-0.25, -0.2) is 9.97 Å². The molecule has 4 aromatic heterocycles. The first kappa shape index (κ1) is 19.6. The van der Waals surface area contributed by atoms with Crippen LogP contribution in [0, 0.1) is 6.92 Å². The van der Waals surface area contributed by atoms with E-state index in [9.17, 15) is 9.59 Å². The number of hydrogen-bond donors (Lipinski definition) is 0. The summed E-state index contributed by atoms with van der Waals surface area (Å²) in [5.74, 6) is 0. The van der Waals surface area contributed by atoms with E-state index in [4.69, 9.17) is 0 Å². The highest BCUT2D eigenvalue weighted by Gasteiger charge is 2.37. The molecule has 0 aliphatic heterocycles. The molecule has 1 unspecified atom stereocenters. The van der Waals surface area contributed by atoms with E-state index in [1.165, 1.54) is 4.63 Å². The minimum Gasteiger partial charge on any atom is -0.292 e. The first-order valence-corrected chi connectivity index (χ1v) is 10.4. The second-order valence-electron chi connectivity index (χ2n) is 9.66. The van der Waals surface area contributed by atoms with Crippen LogP contribution in [-0.4, -0.2) is 33.9 Å². The van der Waals surface area contributed by atoms with E-state index in [-0.39, 0.29) is 16.7 Å². The predicted octanol–water partition coefficient (Wildman–Crippen LogP) is 1.96. The largest absolute Gasteiger partial charge is 0.292 e. The Morgan fingerprint density at radius 1 is 1.10 bits per heavy atom. The Morgan fingerprint density at radius 3 is 2.61 bits per heavy atom. The zero-order chi connectivity index (χ0) is 22.1. The van der Waals surface area contributed by atoms with Crippen LogP contribution in [0.1, 0.15) is 50.9 Å². The van der Waals surface area contributed by atoms with Gasteiger partial charge in [0, 0.05) is 23.7 Å². The van der Waals surface area contributed by atoms with E-state index in [2.05, 4.69) is 20.2 Å². The second kappa shape index (κ2) is 6.32. The Hall–Kier alpha value is -3.36. The third-order valence-electron chi connectivity index (χ3n) is 6.38. The molecular formula is C22H25N7O2. The van der Waals surface area contributed by atoms with Crippen molar-refractivity contribution in [2.75, 3.05) is 0 Å². The molecule has 0 amide bonds. The maximum atomic E-state index is 13.3. The van der Waals surface area contributed by atoms with Gasteiger partial charge in [0.15, 0.2) is 11.2 Å². The summed E-state index contributed by atoms with van der Waals surface area (Å²) in [6.45, 7) is 9.86. The van der Waals surface area contributed by atoms with Crippen LogP contribution < -0.4 is 11.1 Å². The van der Waals surface area contributed by atoms with Gasteiger partial charge in [-0.2, -0.15) is 5.10 Å². The number of rotatable bonds is 1. The normalized spacial score (nSPS) is 19.1. The van der Waals surface area contributed by atoms with Crippen molar-refractivity contribution in [2.45, 2.75) is 65.0 Å². The summed E-state index contributed by atoms with van der Waals surface area (Å²) in [4.78, 5) is 35.2. The van der Waals surface area contributed by atoms with Gasteiger partial charge in [0.2, 0.25) is 0 Å². The van der Waals surface area contributed by atoms with E-state index >= 15 is 0 Å². The number of nitrogens with zero attached hydrogens (tertiary/aromatic N) is 7. The van der Waals surface area contributed by atoms with Crippen LogP contribution in [0.2, 0.25) is 0 Å². The number of aromatic nitrogens is 7. The molecule has 0 saturated heterocycles. The van der Waals surface area contributed by atoms with Gasteiger partial charge < -0.3 is 0 Å². The van der Waals surface area contributed by atoms with Gasteiger partial charge >= 0.3 is 0 Å². The summed E-state index contributed by atoms with van der Waals surface area (Å²) < 4.78 is 4.79. The van der Waals surface area contributed by atoms with Crippen molar-refractivity contribution in [3.8, 4) is 0 Å². The maximum Gasteiger partial charge on any atom is 0.280 e. The highest BCUT2D eigenvalue weighted by atomic mass is 16.1. The first-order valence-electron chi connectivity index (χ1n) is 10.4. The highest BCUT2D eigenvalue weighted by molar-refractivity contribution is 5.76. The lowest BCUT2D eigenvalue weighted by Crippen LogP contribution is -2.43. The average Bonchev–Trinajstić information content (AvgIpc) is 3.05. The summed E-state index contributed by atoms with van der Waals surface area (Å²) in [5, 5.41) is 9.54. The maximum absolute atomic E-state index is 13.3. The monoisotopic (exact) mass is 419 g/mol. The van der Waals surface area contributed by atoms with Crippen molar-refractivity contribution >= 4 is 16.6 Å². The lowest BCUT2D eigenvalue weighted by atomic mass is 9.81. The van der Waals surface area contributed by atoms with E-state index in [1.54, 1.807) is 28.0 Å². The molecule has 31 heavy (non-hydrogen) atoms. The lowest BCUT2D eigenvalue weighted by molar-refractivity contribution is 0.264. The van der Waals surface area contributed by atoms with Crippen molar-refractivity contribution in [3.63, 3.8) is 0 Å². The van der Waals surface area contributed by atoms with Crippen LogP contribution in [0.4, 0.5) is 0 Å². The van der Waals surface area contributed by atoms with Gasteiger partial charge in [0.1, 0.15) is 12.7 Å². The van der Waals surface area contributed by atoms with E-state index < -0.39 is 5.54 Å².